The van der Waals surface area contributed by atoms with Crippen molar-refractivity contribution >= 4 is 11.9 Å². The van der Waals surface area contributed by atoms with Crippen LogP contribution in [0.2, 0.25) is 0 Å². The third kappa shape index (κ3) is 7.90. The summed E-state index contributed by atoms with van der Waals surface area (Å²) in [6.07, 6.45) is -9.87. The Morgan fingerprint density at radius 1 is 0.810 bits per heavy atom. The molecule has 1 heterocycles. The largest absolute Gasteiger partial charge is 0.460 e. The summed E-state index contributed by atoms with van der Waals surface area (Å²) in [5, 5.41) is 0. The summed E-state index contributed by atoms with van der Waals surface area (Å²) in [4.78, 5) is 29.2. The lowest BCUT2D eigenvalue weighted by Gasteiger charge is -2.41. The lowest BCUT2D eigenvalue weighted by molar-refractivity contribution is -0.147. The average Bonchev–Trinajstić information content (AvgIpc) is 2.93. The highest BCUT2D eigenvalue weighted by Crippen LogP contribution is 2.37. The molecule has 0 unspecified atom stereocenters. The van der Waals surface area contributed by atoms with Gasteiger partial charge in [-0.2, -0.15) is 26.3 Å². The number of ether oxygens (including phenoxy) is 1. The minimum absolute atomic E-state index is 0.00208. The Bertz CT molecular complexity index is 1390. The van der Waals surface area contributed by atoms with Crippen molar-refractivity contribution in [1.82, 2.24) is 9.80 Å². The molecule has 1 saturated heterocycles. The normalized spacial score (nSPS) is 16.4. The average molecular weight is 593 g/mol. The Morgan fingerprint density at radius 3 is 2.05 bits per heavy atom. The van der Waals surface area contributed by atoms with Gasteiger partial charge in [-0.3, -0.25) is 14.5 Å². The maximum atomic E-state index is 13.5. The first kappa shape index (κ1) is 31.1. The second-order valence-corrected chi connectivity index (χ2v) is 10.5. The van der Waals surface area contributed by atoms with Crippen molar-refractivity contribution in [3.63, 3.8) is 0 Å². The maximum absolute atomic E-state index is 13.5. The smallest absolute Gasteiger partial charge is 0.416 e. The molecule has 11 heteroatoms. The highest BCUT2D eigenvalue weighted by Gasteiger charge is 2.39. The van der Waals surface area contributed by atoms with Gasteiger partial charge in [0.05, 0.1) is 17.7 Å². The second kappa shape index (κ2) is 12.6. The summed E-state index contributed by atoms with van der Waals surface area (Å²) in [6, 6.07) is 15.1. The highest BCUT2D eigenvalue weighted by atomic mass is 19.4. The molecule has 1 amide bonds. The maximum Gasteiger partial charge on any atom is 0.416 e. The number of benzene rings is 3. The molecule has 5 nitrogen and oxygen atoms in total. The molecule has 1 aliphatic heterocycles. The van der Waals surface area contributed by atoms with Crippen LogP contribution in [0.4, 0.5) is 26.3 Å². The number of nitrogens with zero attached hydrogens (tertiary/aromatic N) is 2. The van der Waals surface area contributed by atoms with E-state index in [0.717, 1.165) is 22.3 Å². The second-order valence-electron chi connectivity index (χ2n) is 10.5. The van der Waals surface area contributed by atoms with E-state index in [9.17, 15) is 35.9 Å². The predicted octanol–water partition coefficient (Wildman–Crippen LogP) is 6.45. The van der Waals surface area contributed by atoms with E-state index in [1.165, 1.54) is 4.90 Å². The number of carbonyl (C=O) groups excluding carboxylic acids is 2. The van der Waals surface area contributed by atoms with Crippen molar-refractivity contribution in [2.45, 2.75) is 45.3 Å². The Labute approximate surface area is 239 Å². The molecule has 4 rings (SSSR count). The topological polar surface area (TPSA) is 49.9 Å². The Kier molecular flexibility index (Phi) is 9.30. The van der Waals surface area contributed by atoms with Crippen LogP contribution in [0.1, 0.15) is 43.7 Å². The molecule has 224 valence electrons. The molecule has 0 aromatic heterocycles. The molecule has 0 saturated carbocycles. The fourth-order valence-electron chi connectivity index (χ4n) is 4.92. The van der Waals surface area contributed by atoms with Crippen LogP contribution in [0.3, 0.4) is 0 Å². The molecule has 1 aliphatic rings. The van der Waals surface area contributed by atoms with E-state index in [0.29, 0.717) is 12.1 Å². The van der Waals surface area contributed by atoms with Crippen LogP contribution in [-0.2, 0) is 34.9 Å². The van der Waals surface area contributed by atoms with Gasteiger partial charge >= 0.3 is 18.3 Å². The zero-order chi connectivity index (χ0) is 30.7. The summed E-state index contributed by atoms with van der Waals surface area (Å²) in [5.74, 6) is -1.43. The molecule has 1 fully saturated rings. The molecule has 0 spiro atoms. The van der Waals surface area contributed by atoms with E-state index in [1.54, 1.807) is 4.90 Å². The van der Waals surface area contributed by atoms with Gasteiger partial charge in [-0.05, 0) is 60.7 Å². The summed E-state index contributed by atoms with van der Waals surface area (Å²) >= 11 is 0. The molecule has 0 N–H and O–H groups in total. The minimum atomic E-state index is -5.08. The first-order valence-electron chi connectivity index (χ1n) is 13.3. The summed E-state index contributed by atoms with van der Waals surface area (Å²) in [7, 11) is 0. The summed E-state index contributed by atoms with van der Waals surface area (Å²) < 4.78 is 86.2. The number of carbonyl (C=O) groups is 2. The molecule has 1 atom stereocenters. The standard InChI is InChI=1S/C31H30F6N2O3/c1-20-8-9-23(12-21(20)2)13-27-17-38(18-28(40)42-19-22-6-4-3-5-7-22)10-11-39(27)29(41)24-14-25(30(32,33)34)16-26(15-24)31(35,36)37/h3-9,12,14-16,27H,10-11,13,17-19H2,1-2H3/t27-/m1/s1. The number of aryl methyl sites for hydroxylation is 2. The zero-order valence-corrected chi connectivity index (χ0v) is 23.1. The summed E-state index contributed by atoms with van der Waals surface area (Å²) in [5.41, 5.74) is -0.102. The number of amides is 1. The van der Waals surface area contributed by atoms with Crippen LogP contribution >= 0.6 is 0 Å². The summed E-state index contributed by atoms with van der Waals surface area (Å²) in [6.45, 7) is 4.20. The number of piperazine rings is 1. The van der Waals surface area contributed by atoms with Crippen LogP contribution in [0.5, 0.6) is 0 Å². The van der Waals surface area contributed by atoms with Crippen LogP contribution in [0.15, 0.2) is 66.7 Å². The molecular weight excluding hydrogens is 562 g/mol. The predicted molar refractivity (Wildman–Crippen MR) is 144 cm³/mol. The molecule has 0 aliphatic carbocycles. The number of halogens is 6. The van der Waals surface area contributed by atoms with E-state index in [1.807, 2.05) is 62.4 Å². The SMILES string of the molecule is Cc1ccc(C[C@@H]2CN(CC(=O)OCc3ccccc3)CCN2C(=O)c2cc(C(F)(F)F)cc(C(F)(F)F)c2)cc1C. The lowest BCUT2D eigenvalue weighted by Crippen LogP contribution is -2.56. The van der Waals surface area contributed by atoms with Crippen LogP contribution in [-0.4, -0.2) is 53.9 Å². The molecule has 0 bridgehead atoms. The van der Waals surface area contributed by atoms with Crippen LogP contribution in [0.25, 0.3) is 0 Å². The first-order valence-corrected chi connectivity index (χ1v) is 13.3. The van der Waals surface area contributed by atoms with E-state index in [-0.39, 0.29) is 45.3 Å². The molecular formula is C31H30F6N2O3. The Morgan fingerprint density at radius 2 is 1.45 bits per heavy atom. The van der Waals surface area contributed by atoms with Gasteiger partial charge in [-0.15, -0.1) is 0 Å². The van der Waals surface area contributed by atoms with E-state index < -0.39 is 47.0 Å². The van der Waals surface area contributed by atoms with Crippen molar-refractivity contribution in [2.75, 3.05) is 26.2 Å². The third-order valence-corrected chi connectivity index (χ3v) is 7.30. The first-order chi connectivity index (χ1) is 19.7. The number of esters is 1. The van der Waals surface area contributed by atoms with Crippen molar-refractivity contribution < 1.29 is 40.7 Å². The van der Waals surface area contributed by atoms with Gasteiger partial charge in [0.1, 0.15) is 6.61 Å². The van der Waals surface area contributed by atoms with Crippen molar-refractivity contribution in [1.29, 1.82) is 0 Å². The Balaban J connectivity index is 1.58. The molecule has 0 radical (unpaired) electrons. The van der Waals surface area contributed by atoms with Gasteiger partial charge in [0.25, 0.3) is 5.91 Å². The van der Waals surface area contributed by atoms with E-state index in [4.69, 9.17) is 4.74 Å². The number of rotatable bonds is 7. The van der Waals surface area contributed by atoms with Gasteiger partial charge in [0.2, 0.25) is 0 Å². The fraction of sp³-hybridized carbons (Fsp3) is 0.355. The van der Waals surface area contributed by atoms with Gasteiger partial charge in [0, 0.05) is 31.2 Å². The molecule has 3 aromatic rings. The lowest BCUT2D eigenvalue weighted by atomic mass is 9.97. The third-order valence-electron chi connectivity index (χ3n) is 7.30. The minimum Gasteiger partial charge on any atom is -0.460 e. The van der Waals surface area contributed by atoms with Crippen LogP contribution in [0, 0.1) is 13.8 Å². The number of alkyl halides is 6. The van der Waals surface area contributed by atoms with Crippen molar-refractivity contribution in [2.24, 2.45) is 0 Å². The monoisotopic (exact) mass is 592 g/mol. The fourth-order valence-corrected chi connectivity index (χ4v) is 4.92. The van der Waals surface area contributed by atoms with Crippen molar-refractivity contribution in [3.8, 4) is 0 Å². The van der Waals surface area contributed by atoms with E-state index >= 15 is 0 Å². The highest BCUT2D eigenvalue weighted by molar-refractivity contribution is 5.95. The van der Waals surface area contributed by atoms with Gasteiger partial charge in [-0.25, -0.2) is 0 Å². The van der Waals surface area contributed by atoms with Gasteiger partial charge < -0.3 is 9.64 Å². The quantitative estimate of drug-likeness (QED) is 0.234. The van der Waals surface area contributed by atoms with Gasteiger partial charge in [-0.1, -0.05) is 48.5 Å². The Hall–Kier alpha value is -3.86. The van der Waals surface area contributed by atoms with Crippen LogP contribution < -0.4 is 0 Å². The number of hydrogen-bond acceptors (Lipinski definition) is 4. The van der Waals surface area contributed by atoms with Gasteiger partial charge in [0.15, 0.2) is 0 Å². The van der Waals surface area contributed by atoms with E-state index in [2.05, 4.69) is 0 Å². The zero-order valence-electron chi connectivity index (χ0n) is 23.1. The van der Waals surface area contributed by atoms with Crippen molar-refractivity contribution in [3.05, 3.63) is 106 Å². The molecule has 42 heavy (non-hydrogen) atoms. The molecule has 3 aromatic carbocycles. The number of hydrogen-bond donors (Lipinski definition) is 0.